The molecule has 0 amide bonds. The molecule has 1 N–H and O–H groups in total. The van der Waals surface area contributed by atoms with Crippen LogP contribution in [0.25, 0.3) is 0 Å². The fourth-order valence-electron chi connectivity index (χ4n) is 3.41. The van der Waals surface area contributed by atoms with Crippen LogP contribution >= 0.6 is 0 Å². The van der Waals surface area contributed by atoms with Crippen molar-refractivity contribution in [1.82, 2.24) is 9.97 Å². The number of rotatable bonds is 2. The lowest BCUT2D eigenvalue weighted by molar-refractivity contribution is 0.0128. The van der Waals surface area contributed by atoms with Gasteiger partial charge in [0.15, 0.2) is 5.69 Å². The van der Waals surface area contributed by atoms with Crippen molar-refractivity contribution in [3.8, 4) is 0 Å². The summed E-state index contributed by atoms with van der Waals surface area (Å²) < 4.78 is 5.48. The molecule has 1 unspecified atom stereocenters. The van der Waals surface area contributed by atoms with Crippen LogP contribution in [0.1, 0.15) is 36.7 Å². The number of hydrogen-bond acceptors (Lipinski definition) is 5. The number of carbonyl (C=O) groups is 1. The molecule has 6 heteroatoms. The summed E-state index contributed by atoms with van der Waals surface area (Å²) in [7, 11) is 0. The zero-order chi connectivity index (χ0) is 14.2. The minimum atomic E-state index is -1.04. The summed E-state index contributed by atoms with van der Waals surface area (Å²) in [4.78, 5) is 21.3. The van der Waals surface area contributed by atoms with Gasteiger partial charge in [0, 0.05) is 25.8 Å². The van der Waals surface area contributed by atoms with Crippen LogP contribution in [-0.4, -0.2) is 46.8 Å². The Morgan fingerprint density at radius 2 is 2.10 bits per heavy atom. The van der Waals surface area contributed by atoms with Crippen LogP contribution in [0.15, 0.2) is 12.4 Å². The Labute approximate surface area is 117 Å². The van der Waals surface area contributed by atoms with E-state index in [-0.39, 0.29) is 5.69 Å². The Kier molecular flexibility index (Phi) is 3.33. The molecule has 3 rings (SSSR count). The summed E-state index contributed by atoms with van der Waals surface area (Å²) in [5.41, 5.74) is 0.298. The van der Waals surface area contributed by atoms with Crippen LogP contribution in [0.5, 0.6) is 0 Å². The number of nitrogens with zero attached hydrogens (tertiary/aromatic N) is 3. The molecule has 1 atom stereocenters. The first-order chi connectivity index (χ1) is 9.62. The van der Waals surface area contributed by atoms with Gasteiger partial charge >= 0.3 is 5.97 Å². The minimum Gasteiger partial charge on any atom is -0.476 e. The number of aromatic carboxylic acids is 1. The number of ether oxygens (including phenoxy) is 1. The molecule has 2 aliphatic heterocycles. The van der Waals surface area contributed by atoms with E-state index in [1.165, 1.54) is 6.20 Å². The van der Waals surface area contributed by atoms with E-state index in [0.29, 0.717) is 11.5 Å². The highest BCUT2D eigenvalue weighted by molar-refractivity contribution is 5.84. The van der Waals surface area contributed by atoms with Gasteiger partial charge in [0.05, 0.1) is 12.4 Å². The summed E-state index contributed by atoms with van der Waals surface area (Å²) in [6, 6.07) is 0.386. The molecule has 0 aromatic carbocycles. The topological polar surface area (TPSA) is 75.6 Å². The molecule has 1 spiro atoms. The molecule has 3 heterocycles. The highest BCUT2D eigenvalue weighted by atomic mass is 16.5. The summed E-state index contributed by atoms with van der Waals surface area (Å²) in [6.07, 6.45) is 6.22. The standard InChI is InChI=1S/C14H19N3O3/c1-10-14(3-6-20-7-4-14)2-5-17(10)12-9-15-11(8-16-12)13(18)19/h8-10H,2-7H2,1H3,(H,18,19). The van der Waals surface area contributed by atoms with Gasteiger partial charge in [0.2, 0.25) is 0 Å². The number of aromatic nitrogens is 2. The van der Waals surface area contributed by atoms with Gasteiger partial charge in [-0.15, -0.1) is 0 Å². The maximum absolute atomic E-state index is 10.8. The monoisotopic (exact) mass is 277 g/mol. The fraction of sp³-hybridized carbons (Fsp3) is 0.643. The molecule has 6 nitrogen and oxygen atoms in total. The minimum absolute atomic E-state index is 0.0126. The molecule has 2 saturated heterocycles. The van der Waals surface area contributed by atoms with E-state index < -0.39 is 5.97 Å². The van der Waals surface area contributed by atoms with Crippen molar-refractivity contribution in [3.63, 3.8) is 0 Å². The van der Waals surface area contributed by atoms with Gasteiger partial charge in [-0.25, -0.2) is 14.8 Å². The SMILES string of the molecule is CC1N(c2cnc(C(=O)O)cn2)CCC12CCOCC2. The second-order valence-electron chi connectivity index (χ2n) is 5.66. The second kappa shape index (κ2) is 5.01. The highest BCUT2D eigenvalue weighted by Crippen LogP contribution is 2.45. The Balaban J connectivity index is 1.79. The first-order valence-corrected chi connectivity index (χ1v) is 7.02. The van der Waals surface area contributed by atoms with Crippen LogP contribution < -0.4 is 4.90 Å². The third kappa shape index (κ3) is 2.14. The maximum Gasteiger partial charge on any atom is 0.356 e. The first-order valence-electron chi connectivity index (χ1n) is 7.02. The van der Waals surface area contributed by atoms with Gasteiger partial charge < -0.3 is 14.7 Å². The summed E-state index contributed by atoms with van der Waals surface area (Å²) in [6.45, 7) is 4.84. The van der Waals surface area contributed by atoms with Gasteiger partial charge in [0.1, 0.15) is 5.82 Å². The Morgan fingerprint density at radius 1 is 1.35 bits per heavy atom. The Hall–Kier alpha value is -1.69. The lowest BCUT2D eigenvalue weighted by Gasteiger charge is -2.39. The molecule has 0 radical (unpaired) electrons. The molecule has 20 heavy (non-hydrogen) atoms. The predicted molar refractivity (Wildman–Crippen MR) is 72.9 cm³/mol. The Morgan fingerprint density at radius 3 is 2.70 bits per heavy atom. The van der Waals surface area contributed by atoms with Crippen molar-refractivity contribution in [1.29, 1.82) is 0 Å². The average molecular weight is 277 g/mol. The molecule has 2 aliphatic rings. The Bertz CT molecular complexity index is 497. The zero-order valence-electron chi connectivity index (χ0n) is 11.6. The van der Waals surface area contributed by atoms with Crippen LogP contribution in [0.3, 0.4) is 0 Å². The number of hydrogen-bond donors (Lipinski definition) is 1. The van der Waals surface area contributed by atoms with E-state index >= 15 is 0 Å². The third-order valence-corrected chi connectivity index (χ3v) is 4.84. The van der Waals surface area contributed by atoms with Crippen molar-refractivity contribution in [2.75, 3.05) is 24.7 Å². The van der Waals surface area contributed by atoms with Crippen LogP contribution in [0.2, 0.25) is 0 Å². The maximum atomic E-state index is 10.8. The van der Waals surface area contributed by atoms with Crippen LogP contribution in [0.4, 0.5) is 5.82 Å². The lowest BCUT2D eigenvalue weighted by Crippen LogP contribution is -2.41. The normalized spacial score (nSPS) is 25.1. The van der Waals surface area contributed by atoms with Crippen molar-refractivity contribution < 1.29 is 14.6 Å². The van der Waals surface area contributed by atoms with E-state index in [9.17, 15) is 4.79 Å². The van der Waals surface area contributed by atoms with Crippen molar-refractivity contribution in [2.45, 2.75) is 32.2 Å². The van der Waals surface area contributed by atoms with Gasteiger partial charge in [0.25, 0.3) is 0 Å². The first kappa shape index (κ1) is 13.3. The molecule has 0 aliphatic carbocycles. The predicted octanol–water partition coefficient (Wildman–Crippen LogP) is 1.57. The zero-order valence-corrected chi connectivity index (χ0v) is 11.6. The largest absolute Gasteiger partial charge is 0.476 e. The highest BCUT2D eigenvalue weighted by Gasteiger charge is 2.45. The van der Waals surface area contributed by atoms with E-state index in [1.807, 2.05) is 0 Å². The van der Waals surface area contributed by atoms with Gasteiger partial charge in [-0.3, -0.25) is 0 Å². The van der Waals surface area contributed by atoms with Crippen molar-refractivity contribution in [3.05, 3.63) is 18.1 Å². The molecule has 0 saturated carbocycles. The summed E-state index contributed by atoms with van der Waals surface area (Å²) in [5, 5.41) is 8.86. The fourth-order valence-corrected chi connectivity index (χ4v) is 3.41. The van der Waals surface area contributed by atoms with E-state index in [2.05, 4.69) is 21.8 Å². The van der Waals surface area contributed by atoms with Crippen molar-refractivity contribution in [2.24, 2.45) is 5.41 Å². The van der Waals surface area contributed by atoms with Gasteiger partial charge in [-0.05, 0) is 31.6 Å². The van der Waals surface area contributed by atoms with Crippen LogP contribution in [-0.2, 0) is 4.74 Å². The number of carboxylic acids is 1. The lowest BCUT2D eigenvalue weighted by atomic mass is 9.74. The smallest absolute Gasteiger partial charge is 0.356 e. The number of anilines is 1. The molecule has 2 fully saturated rings. The van der Waals surface area contributed by atoms with Crippen molar-refractivity contribution >= 4 is 11.8 Å². The molecule has 0 bridgehead atoms. The molecular formula is C14H19N3O3. The number of carboxylic acid groups (broad SMARTS) is 1. The summed E-state index contributed by atoms with van der Waals surface area (Å²) >= 11 is 0. The van der Waals surface area contributed by atoms with Gasteiger partial charge in [-0.1, -0.05) is 0 Å². The van der Waals surface area contributed by atoms with E-state index in [0.717, 1.165) is 44.8 Å². The average Bonchev–Trinajstić information content (AvgIpc) is 2.77. The van der Waals surface area contributed by atoms with Gasteiger partial charge in [-0.2, -0.15) is 0 Å². The third-order valence-electron chi connectivity index (χ3n) is 4.84. The van der Waals surface area contributed by atoms with Crippen LogP contribution in [0, 0.1) is 5.41 Å². The molecule has 1 aromatic heterocycles. The second-order valence-corrected chi connectivity index (χ2v) is 5.66. The van der Waals surface area contributed by atoms with E-state index in [1.54, 1.807) is 6.20 Å². The quantitative estimate of drug-likeness (QED) is 0.884. The molecular weight excluding hydrogens is 258 g/mol. The molecule has 1 aromatic rings. The summed E-state index contributed by atoms with van der Waals surface area (Å²) in [5.74, 6) is -0.273. The van der Waals surface area contributed by atoms with E-state index in [4.69, 9.17) is 9.84 Å². The molecule has 108 valence electrons.